The average Bonchev–Trinajstić information content (AvgIpc) is 2.82. The number of methoxy groups -OCH3 is 4. The van der Waals surface area contributed by atoms with Crippen molar-refractivity contribution in [1.29, 1.82) is 0 Å². The van der Waals surface area contributed by atoms with Crippen LogP contribution in [0.25, 0.3) is 6.08 Å². The lowest BCUT2D eigenvalue weighted by Crippen LogP contribution is -1.96. The highest BCUT2D eigenvalue weighted by Crippen LogP contribution is 2.64. The molecule has 8 nitrogen and oxygen atoms in total. The van der Waals surface area contributed by atoms with E-state index in [0.29, 0.717) is 33.5 Å². The Balaban J connectivity index is 2.26. The van der Waals surface area contributed by atoms with Gasteiger partial charge in [-0.3, -0.25) is 4.21 Å². The monoisotopic (exact) mass is 502 g/mol. The molecular formula is C21H27O8PS2. The van der Waals surface area contributed by atoms with E-state index in [9.17, 15) is 8.77 Å². The SMILES string of the molecule is COc1cc(OC)c(C=CS(=O)Cc2ccc(OC)c(SP(=O)(OC)OC)c2)c(OC)c1. The molecule has 0 radical (unpaired) electrons. The molecule has 0 aromatic heterocycles. The van der Waals surface area contributed by atoms with Gasteiger partial charge in [0.15, 0.2) is 0 Å². The Morgan fingerprint density at radius 1 is 0.875 bits per heavy atom. The average molecular weight is 503 g/mol. The minimum absolute atomic E-state index is 0.235. The topological polar surface area (TPSA) is 89.5 Å². The van der Waals surface area contributed by atoms with Gasteiger partial charge in [0, 0.05) is 31.8 Å². The van der Waals surface area contributed by atoms with E-state index in [-0.39, 0.29) is 5.75 Å². The molecule has 2 aromatic carbocycles. The molecule has 176 valence electrons. The van der Waals surface area contributed by atoms with Crippen molar-refractivity contribution in [3.05, 3.63) is 46.9 Å². The molecule has 32 heavy (non-hydrogen) atoms. The van der Waals surface area contributed by atoms with E-state index in [0.717, 1.165) is 16.9 Å². The van der Waals surface area contributed by atoms with Crippen molar-refractivity contribution in [2.45, 2.75) is 10.6 Å². The van der Waals surface area contributed by atoms with Crippen molar-refractivity contribution in [1.82, 2.24) is 0 Å². The highest BCUT2D eigenvalue weighted by Gasteiger charge is 2.25. The number of ether oxygens (including phenoxy) is 4. The highest BCUT2D eigenvalue weighted by atomic mass is 32.7. The Hall–Kier alpha value is -1.97. The molecule has 0 N–H and O–H groups in total. The zero-order chi connectivity index (χ0) is 23.7. The van der Waals surface area contributed by atoms with Crippen LogP contribution in [0.2, 0.25) is 0 Å². The molecule has 0 aliphatic heterocycles. The molecule has 0 aliphatic rings. The largest absolute Gasteiger partial charge is 0.496 e. The van der Waals surface area contributed by atoms with E-state index in [4.69, 9.17) is 28.0 Å². The molecule has 11 heteroatoms. The zero-order valence-corrected chi connectivity index (χ0v) is 21.3. The van der Waals surface area contributed by atoms with Crippen molar-refractivity contribution in [2.75, 3.05) is 42.7 Å². The van der Waals surface area contributed by atoms with Crippen LogP contribution in [0.1, 0.15) is 11.1 Å². The van der Waals surface area contributed by atoms with E-state index in [1.165, 1.54) is 35.5 Å². The molecule has 1 atom stereocenters. The zero-order valence-electron chi connectivity index (χ0n) is 18.8. The molecule has 0 heterocycles. The molecule has 0 amide bonds. The lowest BCUT2D eigenvalue weighted by Gasteiger charge is -2.15. The Labute approximate surface area is 194 Å². The third kappa shape index (κ3) is 6.76. The van der Waals surface area contributed by atoms with Gasteiger partial charge in [-0.1, -0.05) is 6.07 Å². The summed E-state index contributed by atoms with van der Waals surface area (Å²) in [7, 11) is 7.43. The second-order valence-corrected chi connectivity index (χ2v) is 11.6. The highest BCUT2D eigenvalue weighted by molar-refractivity contribution is 8.55. The van der Waals surface area contributed by atoms with Gasteiger partial charge < -0.3 is 28.0 Å². The lowest BCUT2D eigenvalue weighted by molar-refractivity contribution is 0.295. The maximum Gasteiger partial charge on any atom is 0.393 e. The van der Waals surface area contributed by atoms with E-state index in [2.05, 4.69) is 0 Å². The van der Waals surface area contributed by atoms with Crippen LogP contribution in [0.3, 0.4) is 0 Å². The van der Waals surface area contributed by atoms with Crippen LogP contribution in [0.4, 0.5) is 0 Å². The van der Waals surface area contributed by atoms with Crippen molar-refractivity contribution >= 4 is 35.1 Å². The Morgan fingerprint density at radius 3 is 1.97 bits per heavy atom. The molecule has 2 rings (SSSR count). The summed E-state index contributed by atoms with van der Waals surface area (Å²) in [5.74, 6) is 2.41. The van der Waals surface area contributed by atoms with Crippen molar-refractivity contribution < 1.29 is 36.8 Å². The standard InChI is InChI=1S/C21H27O8PS2/c1-24-16-12-19(26-3)17(20(13-16)27-4)9-10-32(23)14-15-7-8-18(25-2)21(11-15)31-30(22,28-5)29-6/h7-13H,14H2,1-6H3. The molecule has 0 fully saturated rings. The molecule has 0 saturated carbocycles. The van der Waals surface area contributed by atoms with Crippen LogP contribution in [-0.2, 0) is 30.2 Å². The van der Waals surface area contributed by atoms with Gasteiger partial charge >= 0.3 is 6.80 Å². The third-order valence-corrected chi connectivity index (χ3v) is 9.18. The maximum atomic E-state index is 12.7. The normalized spacial score (nSPS) is 12.6. The Kier molecular flexibility index (Phi) is 10.1. The molecular weight excluding hydrogens is 475 g/mol. The fraction of sp³-hybridized carbons (Fsp3) is 0.333. The van der Waals surface area contributed by atoms with Crippen molar-refractivity contribution in [2.24, 2.45) is 0 Å². The number of rotatable bonds is 12. The molecule has 0 saturated heterocycles. The van der Waals surface area contributed by atoms with Crippen LogP contribution < -0.4 is 18.9 Å². The second kappa shape index (κ2) is 12.3. The van der Waals surface area contributed by atoms with Crippen LogP contribution in [-0.4, -0.2) is 46.9 Å². The first-order valence-electron chi connectivity index (χ1n) is 9.26. The minimum Gasteiger partial charge on any atom is -0.496 e. The van der Waals surface area contributed by atoms with E-state index in [1.807, 2.05) is 0 Å². The minimum atomic E-state index is -3.37. The summed E-state index contributed by atoms with van der Waals surface area (Å²) in [5, 5.41) is 1.57. The Bertz CT molecular complexity index is 992. The van der Waals surface area contributed by atoms with E-state index >= 15 is 0 Å². The summed E-state index contributed by atoms with van der Waals surface area (Å²) in [5.41, 5.74) is 1.42. The number of hydrogen-bond donors (Lipinski definition) is 0. The van der Waals surface area contributed by atoms with Gasteiger partial charge in [0.05, 0.1) is 55.5 Å². The molecule has 1 unspecified atom stereocenters. The predicted octanol–water partition coefficient (Wildman–Crippen LogP) is 5.13. The number of hydrogen-bond acceptors (Lipinski definition) is 9. The third-order valence-electron chi connectivity index (χ3n) is 4.33. The van der Waals surface area contributed by atoms with Gasteiger partial charge in [0.1, 0.15) is 23.0 Å². The summed E-state index contributed by atoms with van der Waals surface area (Å²) < 4.78 is 56.7. The van der Waals surface area contributed by atoms with Crippen LogP contribution in [0, 0.1) is 0 Å². The van der Waals surface area contributed by atoms with Gasteiger partial charge in [0.2, 0.25) is 0 Å². The Morgan fingerprint density at radius 2 is 1.47 bits per heavy atom. The van der Waals surface area contributed by atoms with Crippen molar-refractivity contribution in [3.63, 3.8) is 0 Å². The first-order chi connectivity index (χ1) is 15.3. The van der Waals surface area contributed by atoms with Crippen LogP contribution in [0.5, 0.6) is 23.0 Å². The molecule has 0 aliphatic carbocycles. The quantitative estimate of drug-likeness (QED) is 0.366. The van der Waals surface area contributed by atoms with Gasteiger partial charge in [0.25, 0.3) is 0 Å². The van der Waals surface area contributed by atoms with E-state index < -0.39 is 17.6 Å². The van der Waals surface area contributed by atoms with Gasteiger partial charge in [-0.2, -0.15) is 0 Å². The molecule has 2 aromatic rings. The van der Waals surface area contributed by atoms with E-state index in [1.54, 1.807) is 48.9 Å². The summed E-state index contributed by atoms with van der Waals surface area (Å²) in [6.45, 7) is -3.37. The molecule has 0 spiro atoms. The number of benzene rings is 2. The van der Waals surface area contributed by atoms with Gasteiger partial charge in [-0.25, -0.2) is 4.57 Å². The molecule has 0 bridgehead atoms. The fourth-order valence-corrected chi connectivity index (χ4v) is 6.18. The maximum absolute atomic E-state index is 12.7. The summed E-state index contributed by atoms with van der Waals surface area (Å²) in [6, 6.07) is 8.73. The lowest BCUT2D eigenvalue weighted by atomic mass is 10.1. The van der Waals surface area contributed by atoms with Gasteiger partial charge in [-0.05, 0) is 35.2 Å². The first kappa shape index (κ1) is 26.3. The summed E-state index contributed by atoms with van der Waals surface area (Å²) >= 11 is 0.931. The second-order valence-electron chi connectivity index (χ2n) is 6.16. The first-order valence-corrected chi connectivity index (χ1v) is 13.6. The van der Waals surface area contributed by atoms with Crippen LogP contribution >= 0.6 is 18.2 Å². The summed E-state index contributed by atoms with van der Waals surface area (Å²) in [4.78, 5) is 0.566. The predicted molar refractivity (Wildman–Crippen MR) is 127 cm³/mol. The van der Waals surface area contributed by atoms with Gasteiger partial charge in [-0.15, -0.1) is 0 Å². The smallest absolute Gasteiger partial charge is 0.393 e. The fourth-order valence-electron chi connectivity index (χ4n) is 2.70. The summed E-state index contributed by atoms with van der Waals surface area (Å²) in [6.07, 6.45) is 1.69. The van der Waals surface area contributed by atoms with Crippen LogP contribution in [0.15, 0.2) is 40.6 Å². The van der Waals surface area contributed by atoms with Crippen molar-refractivity contribution in [3.8, 4) is 23.0 Å².